The summed E-state index contributed by atoms with van der Waals surface area (Å²) in [5.41, 5.74) is 2.01. The van der Waals surface area contributed by atoms with E-state index in [9.17, 15) is 9.90 Å². The van der Waals surface area contributed by atoms with E-state index in [1.165, 1.54) is 6.92 Å². The SMILES string of the molecule is C[C@H](NCCc1ccc(O[C@H](C)C(=O)O)cc1)[C@H](O)c1ccccc1. The molecule has 25 heavy (non-hydrogen) atoms. The van der Waals surface area contributed by atoms with Crippen LogP contribution in [0.15, 0.2) is 54.6 Å². The molecule has 0 bridgehead atoms. The smallest absolute Gasteiger partial charge is 0.344 e. The highest BCUT2D eigenvalue weighted by atomic mass is 16.5. The normalized spacial score (nSPS) is 14.5. The van der Waals surface area contributed by atoms with E-state index in [1.807, 2.05) is 49.4 Å². The van der Waals surface area contributed by atoms with E-state index in [-0.39, 0.29) is 6.04 Å². The molecule has 134 valence electrons. The van der Waals surface area contributed by atoms with Gasteiger partial charge in [-0.2, -0.15) is 0 Å². The zero-order chi connectivity index (χ0) is 18.2. The Morgan fingerprint density at radius 1 is 1.08 bits per heavy atom. The van der Waals surface area contributed by atoms with Crippen molar-refractivity contribution in [3.8, 4) is 5.75 Å². The van der Waals surface area contributed by atoms with Crippen LogP contribution in [0.3, 0.4) is 0 Å². The van der Waals surface area contributed by atoms with Gasteiger partial charge < -0.3 is 20.3 Å². The third-order valence-electron chi connectivity index (χ3n) is 4.08. The van der Waals surface area contributed by atoms with Gasteiger partial charge in [0.25, 0.3) is 0 Å². The lowest BCUT2D eigenvalue weighted by Gasteiger charge is -2.20. The van der Waals surface area contributed by atoms with Gasteiger partial charge in [-0.05, 0) is 50.1 Å². The Balaban J connectivity index is 1.78. The third-order valence-corrected chi connectivity index (χ3v) is 4.08. The molecule has 2 rings (SSSR count). The highest BCUT2D eigenvalue weighted by Crippen LogP contribution is 2.17. The van der Waals surface area contributed by atoms with E-state index in [2.05, 4.69) is 5.32 Å². The van der Waals surface area contributed by atoms with Gasteiger partial charge in [0.05, 0.1) is 6.10 Å². The summed E-state index contributed by atoms with van der Waals surface area (Å²) in [7, 11) is 0. The fourth-order valence-electron chi connectivity index (χ4n) is 2.48. The molecule has 0 saturated carbocycles. The van der Waals surface area contributed by atoms with Gasteiger partial charge in [0.1, 0.15) is 5.75 Å². The van der Waals surface area contributed by atoms with Crippen LogP contribution in [0.25, 0.3) is 0 Å². The Labute approximate surface area is 148 Å². The largest absolute Gasteiger partial charge is 0.479 e. The zero-order valence-corrected chi connectivity index (χ0v) is 14.6. The van der Waals surface area contributed by atoms with Crippen LogP contribution in [0, 0.1) is 0 Å². The van der Waals surface area contributed by atoms with Gasteiger partial charge in [-0.3, -0.25) is 0 Å². The van der Waals surface area contributed by atoms with Crippen LogP contribution in [-0.4, -0.2) is 34.9 Å². The molecule has 0 aliphatic heterocycles. The standard InChI is InChI=1S/C20H25NO4/c1-14(19(22)17-6-4-3-5-7-17)21-13-12-16-8-10-18(11-9-16)25-15(2)20(23)24/h3-11,14-15,19,21-22H,12-13H2,1-2H3,(H,23,24)/t14-,15+,19-/m0/s1. The van der Waals surface area contributed by atoms with Crippen LogP contribution >= 0.6 is 0 Å². The second-order valence-corrected chi connectivity index (χ2v) is 6.09. The van der Waals surface area contributed by atoms with Crippen molar-refractivity contribution < 1.29 is 19.7 Å². The zero-order valence-electron chi connectivity index (χ0n) is 14.6. The average molecular weight is 343 g/mol. The second kappa shape index (κ2) is 9.20. The summed E-state index contributed by atoms with van der Waals surface area (Å²) >= 11 is 0. The van der Waals surface area contributed by atoms with E-state index in [0.717, 1.165) is 24.1 Å². The highest BCUT2D eigenvalue weighted by Gasteiger charge is 2.15. The van der Waals surface area contributed by atoms with Crippen molar-refractivity contribution in [1.29, 1.82) is 0 Å². The highest BCUT2D eigenvalue weighted by molar-refractivity contribution is 5.72. The first-order chi connectivity index (χ1) is 12.0. The maximum Gasteiger partial charge on any atom is 0.344 e. The van der Waals surface area contributed by atoms with Crippen molar-refractivity contribution in [3.63, 3.8) is 0 Å². The van der Waals surface area contributed by atoms with Crippen molar-refractivity contribution in [2.75, 3.05) is 6.54 Å². The van der Waals surface area contributed by atoms with Crippen molar-refractivity contribution in [2.24, 2.45) is 0 Å². The number of ether oxygens (including phenoxy) is 1. The Bertz CT molecular complexity index is 657. The summed E-state index contributed by atoms with van der Waals surface area (Å²) in [4.78, 5) is 10.8. The van der Waals surface area contributed by atoms with E-state index in [4.69, 9.17) is 9.84 Å². The number of nitrogens with one attached hydrogen (secondary N) is 1. The first-order valence-corrected chi connectivity index (χ1v) is 8.42. The fraction of sp³-hybridized carbons (Fsp3) is 0.350. The van der Waals surface area contributed by atoms with Gasteiger partial charge in [-0.1, -0.05) is 42.5 Å². The lowest BCUT2D eigenvalue weighted by atomic mass is 10.0. The lowest BCUT2D eigenvalue weighted by molar-refractivity contribution is -0.144. The van der Waals surface area contributed by atoms with Crippen molar-refractivity contribution in [3.05, 3.63) is 65.7 Å². The number of hydrogen-bond donors (Lipinski definition) is 3. The molecule has 3 atom stereocenters. The molecule has 3 N–H and O–H groups in total. The number of benzene rings is 2. The number of hydrogen-bond acceptors (Lipinski definition) is 4. The Morgan fingerprint density at radius 3 is 2.32 bits per heavy atom. The maximum atomic E-state index is 10.8. The molecule has 2 aromatic carbocycles. The molecule has 0 fully saturated rings. The molecule has 2 aromatic rings. The molecule has 0 unspecified atom stereocenters. The number of carboxylic acid groups (broad SMARTS) is 1. The van der Waals surface area contributed by atoms with Crippen molar-refractivity contribution in [1.82, 2.24) is 5.32 Å². The van der Waals surface area contributed by atoms with Gasteiger partial charge >= 0.3 is 5.97 Å². The molecule has 0 spiro atoms. The summed E-state index contributed by atoms with van der Waals surface area (Å²) in [6, 6.07) is 16.9. The van der Waals surface area contributed by atoms with Crippen LogP contribution in [0.2, 0.25) is 0 Å². The predicted molar refractivity (Wildman–Crippen MR) is 96.7 cm³/mol. The Kier molecular flexibility index (Phi) is 6.98. The summed E-state index contributed by atoms with van der Waals surface area (Å²) < 4.78 is 5.31. The van der Waals surface area contributed by atoms with Crippen molar-refractivity contribution in [2.45, 2.75) is 38.5 Å². The monoisotopic (exact) mass is 343 g/mol. The summed E-state index contributed by atoms with van der Waals surface area (Å²) in [6.45, 7) is 4.19. The first kappa shape index (κ1) is 19.0. The molecule has 0 aliphatic carbocycles. The van der Waals surface area contributed by atoms with Gasteiger partial charge in [-0.25, -0.2) is 4.79 Å². The van der Waals surface area contributed by atoms with Gasteiger partial charge in [0.2, 0.25) is 0 Å². The molecule has 5 heteroatoms. The molecular formula is C20H25NO4. The molecular weight excluding hydrogens is 318 g/mol. The van der Waals surface area contributed by atoms with Crippen molar-refractivity contribution >= 4 is 5.97 Å². The third kappa shape index (κ3) is 5.89. The Morgan fingerprint density at radius 2 is 1.72 bits per heavy atom. The van der Waals surface area contributed by atoms with Crippen LogP contribution in [0.5, 0.6) is 5.75 Å². The van der Waals surface area contributed by atoms with E-state index >= 15 is 0 Å². The first-order valence-electron chi connectivity index (χ1n) is 8.42. The minimum Gasteiger partial charge on any atom is -0.479 e. The number of carboxylic acids is 1. The molecule has 0 aromatic heterocycles. The molecule has 0 radical (unpaired) electrons. The van der Waals surface area contributed by atoms with Gasteiger partial charge in [0, 0.05) is 6.04 Å². The van der Waals surface area contributed by atoms with Crippen LogP contribution in [0.4, 0.5) is 0 Å². The number of aliphatic hydroxyl groups excluding tert-OH is 1. The number of carbonyl (C=O) groups is 1. The van der Waals surface area contributed by atoms with Crippen LogP contribution in [0.1, 0.15) is 31.1 Å². The second-order valence-electron chi connectivity index (χ2n) is 6.09. The minimum atomic E-state index is -0.987. The maximum absolute atomic E-state index is 10.8. The van der Waals surface area contributed by atoms with Crippen LogP contribution < -0.4 is 10.1 Å². The molecule has 5 nitrogen and oxygen atoms in total. The summed E-state index contributed by atoms with van der Waals surface area (Å²) in [5.74, 6) is -0.446. The number of rotatable bonds is 9. The number of aliphatic carboxylic acids is 1. The lowest BCUT2D eigenvalue weighted by Crippen LogP contribution is -2.33. The van der Waals surface area contributed by atoms with E-state index < -0.39 is 18.2 Å². The predicted octanol–water partition coefficient (Wildman–Crippen LogP) is 2.79. The molecule has 0 aliphatic rings. The van der Waals surface area contributed by atoms with E-state index in [1.54, 1.807) is 12.1 Å². The molecule has 0 saturated heterocycles. The van der Waals surface area contributed by atoms with E-state index in [0.29, 0.717) is 5.75 Å². The number of aliphatic hydroxyl groups is 1. The topological polar surface area (TPSA) is 78.8 Å². The molecule has 0 amide bonds. The summed E-state index contributed by atoms with van der Waals surface area (Å²) in [5, 5.41) is 22.5. The summed E-state index contributed by atoms with van der Waals surface area (Å²) in [6.07, 6.45) is -0.608. The fourth-order valence-corrected chi connectivity index (χ4v) is 2.48. The average Bonchev–Trinajstić information content (AvgIpc) is 2.63. The molecule has 0 heterocycles. The quantitative estimate of drug-likeness (QED) is 0.652. The minimum absolute atomic E-state index is 0.0542. The van der Waals surface area contributed by atoms with Gasteiger partial charge in [0.15, 0.2) is 6.10 Å². The van der Waals surface area contributed by atoms with Crippen LogP contribution in [-0.2, 0) is 11.2 Å². The Hall–Kier alpha value is -2.37. The van der Waals surface area contributed by atoms with Gasteiger partial charge in [-0.15, -0.1) is 0 Å².